The van der Waals surface area contributed by atoms with Crippen molar-refractivity contribution in [1.29, 1.82) is 5.26 Å². The van der Waals surface area contributed by atoms with Crippen molar-refractivity contribution in [3.05, 3.63) is 53.5 Å². The van der Waals surface area contributed by atoms with E-state index in [0.717, 1.165) is 23.1 Å². The fraction of sp³-hybridized carbons (Fsp3) is 0.222. The predicted molar refractivity (Wildman–Crippen MR) is 90.4 cm³/mol. The third-order valence-electron chi connectivity index (χ3n) is 4.05. The van der Waals surface area contributed by atoms with E-state index >= 15 is 0 Å². The molecule has 3 rings (SSSR count). The summed E-state index contributed by atoms with van der Waals surface area (Å²) in [5.74, 6) is -0.222. The Bertz CT molecular complexity index is 940. The van der Waals surface area contributed by atoms with E-state index in [4.69, 9.17) is 5.26 Å². The van der Waals surface area contributed by atoms with Crippen molar-refractivity contribution in [2.45, 2.75) is 20.4 Å². The van der Waals surface area contributed by atoms with Crippen LogP contribution in [0, 0.1) is 18.3 Å². The number of hydrogen-bond acceptors (Lipinski definition) is 2. The number of nitrogens with zero attached hydrogens (tertiary/aromatic N) is 3. The summed E-state index contributed by atoms with van der Waals surface area (Å²) in [6, 6.07) is 11.6. The summed E-state index contributed by atoms with van der Waals surface area (Å²) in [7, 11) is 1.75. The van der Waals surface area contributed by atoms with Gasteiger partial charge < -0.3 is 14.5 Å². The van der Waals surface area contributed by atoms with E-state index in [1.165, 1.54) is 5.69 Å². The summed E-state index contributed by atoms with van der Waals surface area (Å²) in [6.07, 6.45) is 1.64. The molecule has 5 nitrogen and oxygen atoms in total. The molecule has 0 aliphatic carbocycles. The quantitative estimate of drug-likeness (QED) is 0.805. The molecule has 5 heteroatoms. The van der Waals surface area contributed by atoms with Crippen LogP contribution in [0.1, 0.15) is 28.7 Å². The zero-order valence-corrected chi connectivity index (χ0v) is 13.4. The number of amides is 1. The fourth-order valence-corrected chi connectivity index (χ4v) is 2.95. The first kappa shape index (κ1) is 14.9. The van der Waals surface area contributed by atoms with Crippen LogP contribution in [0.3, 0.4) is 0 Å². The maximum Gasteiger partial charge on any atom is 0.272 e. The molecule has 2 aromatic heterocycles. The van der Waals surface area contributed by atoms with Crippen molar-refractivity contribution in [2.75, 3.05) is 5.32 Å². The minimum absolute atomic E-state index is 0.222. The maximum absolute atomic E-state index is 12.4. The predicted octanol–water partition coefficient (Wildman–Crippen LogP) is 3.43. The van der Waals surface area contributed by atoms with E-state index in [1.807, 2.05) is 24.3 Å². The van der Waals surface area contributed by atoms with Crippen molar-refractivity contribution in [1.82, 2.24) is 9.13 Å². The van der Waals surface area contributed by atoms with Crippen LogP contribution in [0.25, 0.3) is 10.9 Å². The Morgan fingerprint density at radius 3 is 2.74 bits per heavy atom. The molecule has 1 amide bonds. The topological polar surface area (TPSA) is 62.8 Å². The standard InChI is InChI=1S/C18H18N4O/c1-4-22-12(2)7-14-9-15(5-6-16(14)22)20-18(23)17-8-13(10-19)11-21(17)3/h5-9,11H,4H2,1-3H3,(H,20,23). The lowest BCUT2D eigenvalue weighted by atomic mass is 10.2. The first-order chi connectivity index (χ1) is 11.0. The van der Waals surface area contributed by atoms with E-state index < -0.39 is 0 Å². The summed E-state index contributed by atoms with van der Waals surface area (Å²) >= 11 is 0. The number of nitrogens with one attached hydrogen (secondary N) is 1. The zero-order valence-electron chi connectivity index (χ0n) is 13.4. The second-order valence-corrected chi connectivity index (χ2v) is 5.59. The van der Waals surface area contributed by atoms with Gasteiger partial charge in [-0.1, -0.05) is 0 Å². The number of fused-ring (bicyclic) bond motifs is 1. The van der Waals surface area contributed by atoms with E-state index in [0.29, 0.717) is 11.3 Å². The van der Waals surface area contributed by atoms with Gasteiger partial charge in [0.15, 0.2) is 0 Å². The van der Waals surface area contributed by atoms with Gasteiger partial charge in [0, 0.05) is 42.1 Å². The van der Waals surface area contributed by atoms with Gasteiger partial charge in [0.2, 0.25) is 0 Å². The highest BCUT2D eigenvalue weighted by Crippen LogP contribution is 2.23. The second kappa shape index (κ2) is 5.65. The largest absolute Gasteiger partial charge is 0.345 e. The van der Waals surface area contributed by atoms with Gasteiger partial charge in [-0.2, -0.15) is 5.26 Å². The molecule has 0 spiro atoms. The minimum atomic E-state index is -0.222. The van der Waals surface area contributed by atoms with Crippen LogP contribution in [-0.2, 0) is 13.6 Å². The minimum Gasteiger partial charge on any atom is -0.345 e. The van der Waals surface area contributed by atoms with Crippen molar-refractivity contribution in [2.24, 2.45) is 7.05 Å². The van der Waals surface area contributed by atoms with Crippen LogP contribution < -0.4 is 5.32 Å². The van der Waals surface area contributed by atoms with Gasteiger partial charge in [0.25, 0.3) is 5.91 Å². The zero-order chi connectivity index (χ0) is 16.6. The summed E-state index contributed by atoms with van der Waals surface area (Å²) in [5.41, 5.74) is 4.05. The Morgan fingerprint density at radius 1 is 1.30 bits per heavy atom. The van der Waals surface area contributed by atoms with Gasteiger partial charge in [-0.25, -0.2) is 0 Å². The van der Waals surface area contributed by atoms with Crippen LogP contribution in [0.2, 0.25) is 0 Å². The first-order valence-corrected chi connectivity index (χ1v) is 7.51. The van der Waals surface area contributed by atoms with Gasteiger partial charge in [0.05, 0.1) is 5.56 Å². The number of carbonyl (C=O) groups is 1. The molecule has 3 aromatic rings. The van der Waals surface area contributed by atoms with E-state index in [-0.39, 0.29) is 5.91 Å². The highest BCUT2D eigenvalue weighted by atomic mass is 16.1. The van der Waals surface area contributed by atoms with Crippen LogP contribution in [0.4, 0.5) is 5.69 Å². The monoisotopic (exact) mass is 306 g/mol. The third kappa shape index (κ3) is 2.59. The molecule has 1 aromatic carbocycles. The van der Waals surface area contributed by atoms with Gasteiger partial charge in [-0.15, -0.1) is 0 Å². The highest BCUT2D eigenvalue weighted by molar-refractivity contribution is 6.04. The van der Waals surface area contributed by atoms with Gasteiger partial charge >= 0.3 is 0 Å². The van der Waals surface area contributed by atoms with Crippen molar-refractivity contribution in [3.63, 3.8) is 0 Å². The molecule has 0 bridgehead atoms. The van der Waals surface area contributed by atoms with E-state index in [2.05, 4.69) is 29.8 Å². The number of aryl methyl sites for hydroxylation is 3. The van der Waals surface area contributed by atoms with Crippen molar-refractivity contribution >= 4 is 22.5 Å². The molecule has 1 N–H and O–H groups in total. The number of carbonyl (C=O) groups excluding carboxylic acids is 1. The summed E-state index contributed by atoms with van der Waals surface area (Å²) < 4.78 is 3.89. The second-order valence-electron chi connectivity index (χ2n) is 5.59. The third-order valence-corrected chi connectivity index (χ3v) is 4.05. The molecule has 0 unspecified atom stereocenters. The lowest BCUT2D eigenvalue weighted by Crippen LogP contribution is -2.15. The molecule has 0 aliphatic rings. The first-order valence-electron chi connectivity index (χ1n) is 7.51. The molecule has 0 fully saturated rings. The van der Waals surface area contributed by atoms with Gasteiger partial charge in [-0.05, 0) is 44.2 Å². The van der Waals surface area contributed by atoms with Gasteiger partial charge in [-0.3, -0.25) is 4.79 Å². The summed E-state index contributed by atoms with van der Waals surface area (Å²) in [5, 5.41) is 12.9. The van der Waals surface area contributed by atoms with Crippen LogP contribution in [-0.4, -0.2) is 15.0 Å². The molecular weight excluding hydrogens is 288 g/mol. The van der Waals surface area contributed by atoms with Crippen molar-refractivity contribution in [3.8, 4) is 6.07 Å². The molecule has 0 radical (unpaired) electrons. The Hall–Kier alpha value is -3.00. The Balaban J connectivity index is 1.90. The van der Waals surface area contributed by atoms with Crippen molar-refractivity contribution < 1.29 is 4.79 Å². The SMILES string of the molecule is CCn1c(C)cc2cc(NC(=O)c3cc(C#N)cn3C)ccc21. The van der Waals surface area contributed by atoms with Gasteiger partial charge in [0.1, 0.15) is 11.8 Å². The summed E-state index contributed by atoms with van der Waals surface area (Å²) in [4.78, 5) is 12.4. The molecule has 0 saturated heterocycles. The molecule has 0 atom stereocenters. The van der Waals surface area contributed by atoms with Crippen LogP contribution in [0.5, 0.6) is 0 Å². The van der Waals surface area contributed by atoms with Crippen LogP contribution >= 0.6 is 0 Å². The van der Waals surface area contributed by atoms with E-state index in [1.54, 1.807) is 23.9 Å². The number of aromatic nitrogens is 2. The molecule has 0 saturated carbocycles. The normalized spacial score (nSPS) is 10.7. The molecule has 2 heterocycles. The number of benzene rings is 1. The molecule has 0 aliphatic heterocycles. The lowest BCUT2D eigenvalue weighted by Gasteiger charge is -2.07. The van der Waals surface area contributed by atoms with Crippen LogP contribution in [0.15, 0.2) is 36.5 Å². The maximum atomic E-state index is 12.4. The highest BCUT2D eigenvalue weighted by Gasteiger charge is 2.13. The average Bonchev–Trinajstić information content (AvgIpc) is 3.05. The number of hydrogen-bond donors (Lipinski definition) is 1. The number of nitriles is 1. The Kier molecular flexibility index (Phi) is 3.67. The van der Waals surface area contributed by atoms with E-state index in [9.17, 15) is 4.79 Å². The smallest absolute Gasteiger partial charge is 0.272 e. The molecule has 23 heavy (non-hydrogen) atoms. The number of anilines is 1. The molecular formula is C18H18N4O. The average molecular weight is 306 g/mol. The Labute approximate surface area is 134 Å². The fourth-order valence-electron chi connectivity index (χ4n) is 2.95. The number of rotatable bonds is 3. The summed E-state index contributed by atoms with van der Waals surface area (Å²) in [6.45, 7) is 5.11. The molecule has 116 valence electrons. The Morgan fingerprint density at radius 2 is 2.09 bits per heavy atom. The lowest BCUT2D eigenvalue weighted by molar-refractivity contribution is 0.101.